The lowest BCUT2D eigenvalue weighted by molar-refractivity contribution is -0.645. The third-order valence-corrected chi connectivity index (χ3v) is 6.60. The summed E-state index contributed by atoms with van der Waals surface area (Å²) in [7, 11) is 0. The molecule has 1 aromatic rings. The van der Waals surface area contributed by atoms with Crippen LogP contribution in [0, 0.1) is 5.21 Å². The second-order valence-corrected chi connectivity index (χ2v) is 8.35. The van der Waals surface area contributed by atoms with E-state index in [1.165, 1.54) is 41.5 Å². The molecule has 1 aromatic heterocycles. The number of carbonyl (C=O) groups is 4. The predicted octanol–water partition coefficient (Wildman–Crippen LogP) is 0.130. The highest BCUT2D eigenvalue weighted by Crippen LogP contribution is 2.41. The highest BCUT2D eigenvalue weighted by molar-refractivity contribution is 8.01. The molecule has 2 atom stereocenters. The van der Waals surface area contributed by atoms with Gasteiger partial charge in [0.15, 0.2) is 6.20 Å². The van der Waals surface area contributed by atoms with Crippen molar-refractivity contribution in [2.75, 3.05) is 11.5 Å². The number of Topliss-reactive ketones (excluding diaryl/α,β-unsaturated/α-hetero) is 1. The van der Waals surface area contributed by atoms with Gasteiger partial charge in [0.05, 0.1) is 6.42 Å². The van der Waals surface area contributed by atoms with E-state index in [0.717, 1.165) is 0 Å². The largest absolute Gasteiger partial charge is 0.618 e. The van der Waals surface area contributed by atoms with Crippen LogP contribution in [0.15, 0.2) is 40.7 Å². The van der Waals surface area contributed by atoms with Crippen LogP contribution in [-0.4, -0.2) is 56.5 Å². The fourth-order valence-corrected chi connectivity index (χ4v) is 5.33. The van der Waals surface area contributed by atoms with Crippen molar-refractivity contribution in [3.63, 3.8) is 0 Å². The van der Waals surface area contributed by atoms with Crippen molar-refractivity contribution in [3.05, 3.63) is 40.9 Å². The number of fused-ring (bicyclic) bond motifs is 1. The fourth-order valence-electron chi connectivity index (χ4n) is 2.93. The maximum atomic E-state index is 12.5. The Morgan fingerprint density at radius 2 is 2.18 bits per heavy atom. The van der Waals surface area contributed by atoms with Gasteiger partial charge < -0.3 is 15.6 Å². The highest BCUT2D eigenvalue weighted by atomic mass is 32.2. The molecule has 0 bridgehead atoms. The van der Waals surface area contributed by atoms with E-state index in [-0.39, 0.29) is 23.7 Å². The number of aromatic nitrogens is 1. The summed E-state index contributed by atoms with van der Waals surface area (Å²) in [5.74, 6) is -2.03. The second-order valence-electron chi connectivity index (χ2n) is 6.24. The summed E-state index contributed by atoms with van der Waals surface area (Å²) in [5.41, 5.74) is 0.427. The molecule has 2 aliphatic rings. The van der Waals surface area contributed by atoms with Crippen molar-refractivity contribution in [1.82, 2.24) is 10.2 Å². The molecule has 0 radical (unpaired) electrons. The lowest BCUT2D eigenvalue weighted by Crippen LogP contribution is -2.70. The molecule has 3 rings (SSSR count). The lowest BCUT2D eigenvalue weighted by atomic mass is 10.0. The summed E-state index contributed by atoms with van der Waals surface area (Å²) in [4.78, 5) is 48.2. The van der Waals surface area contributed by atoms with Gasteiger partial charge in [-0.15, -0.1) is 11.8 Å². The van der Waals surface area contributed by atoms with Gasteiger partial charge >= 0.3 is 5.97 Å². The zero-order chi connectivity index (χ0) is 20.4. The van der Waals surface area contributed by atoms with Crippen molar-refractivity contribution in [3.8, 4) is 0 Å². The number of pyridine rings is 1. The van der Waals surface area contributed by atoms with Gasteiger partial charge in [0.2, 0.25) is 5.91 Å². The maximum absolute atomic E-state index is 12.5. The Bertz CT molecular complexity index is 887. The van der Waals surface area contributed by atoms with Gasteiger partial charge in [0, 0.05) is 23.6 Å². The molecule has 0 spiro atoms. The van der Waals surface area contributed by atoms with E-state index in [1.54, 1.807) is 18.2 Å². The van der Waals surface area contributed by atoms with E-state index in [1.807, 2.05) is 0 Å². The number of carboxylic acids is 1. The second kappa shape index (κ2) is 8.23. The molecule has 2 N–H and O–H groups in total. The molecule has 0 saturated carbocycles. The third-order valence-electron chi connectivity index (χ3n) is 4.16. The van der Waals surface area contributed by atoms with Gasteiger partial charge in [-0.1, -0.05) is 11.8 Å². The summed E-state index contributed by atoms with van der Waals surface area (Å²) in [6.07, 6.45) is 1.03. The first-order valence-electron chi connectivity index (χ1n) is 8.29. The number of rotatable bonds is 7. The summed E-state index contributed by atoms with van der Waals surface area (Å²) in [6, 6.07) is 4.09. The molecular weight excluding hydrogens is 406 g/mol. The Balaban J connectivity index is 1.74. The number of aliphatic carboxylic acids is 1. The van der Waals surface area contributed by atoms with Gasteiger partial charge in [-0.3, -0.25) is 19.3 Å². The average Bonchev–Trinajstić information content (AvgIpc) is 2.64. The van der Waals surface area contributed by atoms with Crippen LogP contribution >= 0.6 is 23.5 Å². The Morgan fingerprint density at radius 3 is 2.82 bits per heavy atom. The van der Waals surface area contributed by atoms with Crippen molar-refractivity contribution in [2.45, 2.75) is 29.8 Å². The predicted molar refractivity (Wildman–Crippen MR) is 101 cm³/mol. The fraction of sp³-hybridized carbons (Fsp3) is 0.353. The van der Waals surface area contributed by atoms with Gasteiger partial charge in [-0.05, 0) is 18.6 Å². The Hall–Kier alpha value is -2.53. The number of ketones is 1. The van der Waals surface area contributed by atoms with Crippen LogP contribution in [-0.2, 0) is 19.2 Å². The minimum Gasteiger partial charge on any atom is -0.618 e. The number of carbonyl (C=O) groups excluding carboxylic acids is 3. The first-order chi connectivity index (χ1) is 13.3. The number of nitrogens with zero attached hydrogens (tertiary/aromatic N) is 2. The number of carboxylic acid groups (broad SMARTS) is 1. The van der Waals surface area contributed by atoms with Crippen LogP contribution in [0.2, 0.25) is 0 Å². The first-order valence-corrected chi connectivity index (χ1v) is 10.3. The monoisotopic (exact) mass is 423 g/mol. The van der Waals surface area contributed by atoms with Crippen molar-refractivity contribution >= 4 is 47.1 Å². The number of hydrogen-bond acceptors (Lipinski definition) is 7. The molecule has 148 valence electrons. The van der Waals surface area contributed by atoms with Crippen LogP contribution in [0.25, 0.3) is 0 Å². The van der Waals surface area contributed by atoms with Crippen LogP contribution < -0.4 is 10.0 Å². The first kappa shape index (κ1) is 20.2. The van der Waals surface area contributed by atoms with Crippen molar-refractivity contribution < 1.29 is 29.0 Å². The molecule has 1 saturated heterocycles. The molecule has 9 nitrogen and oxygen atoms in total. The number of thioether (sulfide) groups is 2. The summed E-state index contributed by atoms with van der Waals surface area (Å²) >= 11 is 2.53. The topological polar surface area (TPSA) is 131 Å². The van der Waals surface area contributed by atoms with Crippen molar-refractivity contribution in [2.24, 2.45) is 0 Å². The van der Waals surface area contributed by atoms with Gasteiger partial charge in [-0.25, -0.2) is 4.79 Å². The van der Waals surface area contributed by atoms with Crippen molar-refractivity contribution in [1.29, 1.82) is 0 Å². The van der Waals surface area contributed by atoms with Gasteiger partial charge in [0.25, 0.3) is 10.9 Å². The van der Waals surface area contributed by atoms with E-state index >= 15 is 0 Å². The standard InChI is InChI=1S/C17H17N3O6S2/c1-9(21)6-11(22)18-13-15(23)20-14(17(24)25)10(8-28-16(13)20)7-27-12-4-2-3-5-19(12)26/h2-5,13,16H,6-8H2,1H3,(H,18,22)(H,24,25)/t13?,16-/m0/s1. The Labute approximate surface area is 168 Å². The van der Waals surface area contributed by atoms with E-state index < -0.39 is 29.2 Å². The van der Waals surface area contributed by atoms with Crippen LogP contribution in [0.1, 0.15) is 13.3 Å². The zero-order valence-corrected chi connectivity index (χ0v) is 16.4. The number of amides is 2. The van der Waals surface area contributed by atoms with Crippen LogP contribution in [0.5, 0.6) is 0 Å². The molecule has 1 unspecified atom stereocenters. The van der Waals surface area contributed by atoms with Gasteiger partial charge in [-0.2, -0.15) is 4.73 Å². The summed E-state index contributed by atoms with van der Waals surface area (Å²) in [6.45, 7) is 1.28. The molecule has 11 heteroatoms. The average molecular weight is 423 g/mol. The van der Waals surface area contributed by atoms with E-state index in [0.29, 0.717) is 21.1 Å². The number of hydrogen-bond donors (Lipinski definition) is 2. The summed E-state index contributed by atoms with van der Waals surface area (Å²) < 4.78 is 0.694. The highest BCUT2D eigenvalue weighted by Gasteiger charge is 2.54. The summed E-state index contributed by atoms with van der Waals surface area (Å²) in [5, 5.41) is 23.8. The molecule has 0 aliphatic carbocycles. The zero-order valence-electron chi connectivity index (χ0n) is 14.8. The number of β-lactam (4-membered cyclic amide) rings is 1. The third kappa shape index (κ3) is 3.99. The van der Waals surface area contributed by atoms with E-state index in [4.69, 9.17) is 0 Å². The molecule has 2 aliphatic heterocycles. The maximum Gasteiger partial charge on any atom is 0.352 e. The molecule has 28 heavy (non-hydrogen) atoms. The van der Waals surface area contributed by atoms with E-state index in [2.05, 4.69) is 5.32 Å². The van der Waals surface area contributed by atoms with Crippen LogP contribution in [0.3, 0.4) is 0 Å². The minimum atomic E-state index is -1.23. The van der Waals surface area contributed by atoms with E-state index in [9.17, 15) is 29.5 Å². The Kier molecular flexibility index (Phi) is 5.94. The van der Waals surface area contributed by atoms with Gasteiger partial charge in [0.1, 0.15) is 22.9 Å². The molecule has 1 fully saturated rings. The molecular formula is C17H17N3O6S2. The lowest BCUT2D eigenvalue weighted by Gasteiger charge is -2.49. The molecule has 3 heterocycles. The molecule has 0 aromatic carbocycles. The smallest absolute Gasteiger partial charge is 0.352 e. The number of nitrogens with one attached hydrogen (secondary N) is 1. The minimum absolute atomic E-state index is 0.105. The van der Waals surface area contributed by atoms with Crippen LogP contribution in [0.4, 0.5) is 0 Å². The molecule has 2 amide bonds. The quantitative estimate of drug-likeness (QED) is 0.208. The Morgan fingerprint density at radius 1 is 1.43 bits per heavy atom. The SMILES string of the molecule is CC(=O)CC(=O)NC1C(=O)N2C(C(=O)O)=C(CSc3cccc[n+]3[O-])CS[C@@H]12. The normalized spacial score (nSPS) is 21.0.